The summed E-state index contributed by atoms with van der Waals surface area (Å²) in [7, 11) is 0. The van der Waals surface area contributed by atoms with Crippen LogP contribution in [0.5, 0.6) is 0 Å². The van der Waals surface area contributed by atoms with E-state index in [4.69, 9.17) is 0 Å². The Kier molecular flexibility index (Phi) is 4.32. The van der Waals surface area contributed by atoms with Crippen LogP contribution in [0.3, 0.4) is 0 Å². The normalized spacial score (nSPS) is 23.1. The monoisotopic (exact) mass is 325 g/mol. The predicted octanol–water partition coefficient (Wildman–Crippen LogP) is 4.13. The first-order valence-electron chi connectivity index (χ1n) is 6.90. The maximum atomic E-state index is 3.61. The molecule has 1 saturated carbocycles. The van der Waals surface area contributed by atoms with Crippen LogP contribution in [-0.2, 0) is 0 Å². The molecular formula is C15H20BrNS. The molecule has 0 amide bonds. The Bertz CT molecular complexity index is 405. The number of benzene rings is 1. The van der Waals surface area contributed by atoms with Crippen molar-refractivity contribution in [2.24, 2.45) is 0 Å². The average Bonchev–Trinajstić information content (AvgIpc) is 2.71. The number of hydrogen-bond acceptors (Lipinski definition) is 2. The van der Waals surface area contributed by atoms with Gasteiger partial charge in [0.15, 0.2) is 0 Å². The lowest BCUT2D eigenvalue weighted by atomic mass is 9.90. The fourth-order valence-corrected chi connectivity index (χ4v) is 4.64. The minimum Gasteiger partial charge on any atom is -0.299 e. The second kappa shape index (κ2) is 5.98. The summed E-state index contributed by atoms with van der Waals surface area (Å²) in [5.74, 6) is 2.01. The van der Waals surface area contributed by atoms with Gasteiger partial charge in [0.1, 0.15) is 0 Å². The summed E-state index contributed by atoms with van der Waals surface area (Å²) >= 11 is 5.64. The molecule has 0 saturated heterocycles. The van der Waals surface area contributed by atoms with Crippen LogP contribution in [0.2, 0.25) is 0 Å². The van der Waals surface area contributed by atoms with Crippen LogP contribution < -0.4 is 0 Å². The second-order valence-corrected chi connectivity index (χ2v) is 7.17. The van der Waals surface area contributed by atoms with Crippen LogP contribution in [0.15, 0.2) is 29.2 Å². The molecule has 1 nitrogen and oxygen atoms in total. The van der Waals surface area contributed by atoms with Crippen molar-refractivity contribution >= 4 is 27.7 Å². The number of nitrogens with zero attached hydrogens (tertiary/aromatic N) is 1. The predicted molar refractivity (Wildman–Crippen MR) is 82.9 cm³/mol. The van der Waals surface area contributed by atoms with E-state index in [1.54, 1.807) is 5.56 Å². The van der Waals surface area contributed by atoms with E-state index in [0.717, 1.165) is 17.3 Å². The van der Waals surface area contributed by atoms with Gasteiger partial charge in [-0.25, -0.2) is 0 Å². The summed E-state index contributed by atoms with van der Waals surface area (Å²) in [5, 5.41) is 1.10. The van der Waals surface area contributed by atoms with Crippen LogP contribution in [0.4, 0.5) is 0 Å². The van der Waals surface area contributed by atoms with Gasteiger partial charge in [-0.2, -0.15) is 0 Å². The van der Waals surface area contributed by atoms with Gasteiger partial charge in [-0.05, 0) is 24.5 Å². The highest BCUT2D eigenvalue weighted by Crippen LogP contribution is 2.40. The Morgan fingerprint density at radius 1 is 1.28 bits per heavy atom. The van der Waals surface area contributed by atoms with Crippen molar-refractivity contribution < 1.29 is 0 Å². The van der Waals surface area contributed by atoms with E-state index < -0.39 is 0 Å². The van der Waals surface area contributed by atoms with Crippen molar-refractivity contribution in [3.05, 3.63) is 29.8 Å². The molecule has 1 atom stereocenters. The lowest BCUT2D eigenvalue weighted by molar-refractivity contribution is 0.130. The van der Waals surface area contributed by atoms with Gasteiger partial charge in [0.2, 0.25) is 0 Å². The molecule has 1 aliphatic heterocycles. The molecule has 3 heteroatoms. The van der Waals surface area contributed by atoms with Gasteiger partial charge in [-0.3, -0.25) is 4.90 Å². The third kappa shape index (κ3) is 2.63. The average molecular weight is 326 g/mol. The zero-order chi connectivity index (χ0) is 12.4. The summed E-state index contributed by atoms with van der Waals surface area (Å²) < 4.78 is 0. The maximum absolute atomic E-state index is 3.61. The summed E-state index contributed by atoms with van der Waals surface area (Å²) in [6, 6.07) is 9.82. The third-order valence-electron chi connectivity index (χ3n) is 4.22. The van der Waals surface area contributed by atoms with E-state index in [1.165, 1.54) is 43.0 Å². The first-order valence-corrected chi connectivity index (χ1v) is 9.01. The van der Waals surface area contributed by atoms with E-state index in [9.17, 15) is 0 Å². The first-order chi connectivity index (χ1) is 8.88. The van der Waals surface area contributed by atoms with Crippen LogP contribution in [0.25, 0.3) is 0 Å². The molecule has 0 aromatic heterocycles. The maximum Gasteiger partial charge on any atom is 0.0159 e. The van der Waals surface area contributed by atoms with Gasteiger partial charge in [-0.1, -0.05) is 40.5 Å². The van der Waals surface area contributed by atoms with E-state index >= 15 is 0 Å². The van der Waals surface area contributed by atoms with Gasteiger partial charge >= 0.3 is 0 Å². The highest BCUT2D eigenvalue weighted by Gasteiger charge is 2.30. The number of halogens is 1. The zero-order valence-corrected chi connectivity index (χ0v) is 13.0. The highest BCUT2D eigenvalue weighted by atomic mass is 79.9. The van der Waals surface area contributed by atoms with Crippen molar-refractivity contribution in [1.82, 2.24) is 4.90 Å². The molecule has 1 aromatic rings. The van der Waals surface area contributed by atoms with Crippen LogP contribution in [0, 0.1) is 0 Å². The number of rotatable bonds is 5. The molecule has 2 aliphatic rings. The van der Waals surface area contributed by atoms with Crippen molar-refractivity contribution in [2.45, 2.75) is 36.1 Å². The Morgan fingerprint density at radius 3 is 2.83 bits per heavy atom. The van der Waals surface area contributed by atoms with E-state index in [0.29, 0.717) is 0 Å². The Balaban J connectivity index is 1.68. The first kappa shape index (κ1) is 13.0. The lowest BCUT2D eigenvalue weighted by Crippen LogP contribution is -2.43. The Labute approximate surface area is 122 Å². The number of fused-ring (bicyclic) bond motifs is 1. The molecule has 0 bridgehead atoms. The molecule has 0 N–H and O–H groups in total. The van der Waals surface area contributed by atoms with E-state index in [1.807, 2.05) is 11.8 Å². The minimum absolute atomic E-state index is 0.742. The van der Waals surface area contributed by atoms with Gasteiger partial charge in [0, 0.05) is 41.0 Å². The highest BCUT2D eigenvalue weighted by molar-refractivity contribution is 9.09. The minimum atomic E-state index is 0.742. The number of hydrogen-bond donors (Lipinski definition) is 0. The van der Waals surface area contributed by atoms with Crippen LogP contribution >= 0.6 is 27.7 Å². The molecule has 1 aliphatic carbocycles. The second-order valence-electron chi connectivity index (χ2n) is 5.31. The third-order valence-corrected chi connectivity index (χ3v) is 5.82. The molecule has 0 radical (unpaired) electrons. The van der Waals surface area contributed by atoms with Gasteiger partial charge in [-0.15, -0.1) is 11.8 Å². The van der Waals surface area contributed by atoms with Crippen molar-refractivity contribution in [2.75, 3.05) is 24.2 Å². The van der Waals surface area contributed by atoms with Crippen LogP contribution in [0.1, 0.15) is 30.7 Å². The molecular weight excluding hydrogens is 306 g/mol. The molecule has 1 heterocycles. The summed E-state index contributed by atoms with van der Waals surface area (Å²) in [6.45, 7) is 2.45. The van der Waals surface area contributed by atoms with Crippen molar-refractivity contribution in [3.63, 3.8) is 0 Å². The number of alkyl halides is 1. The van der Waals surface area contributed by atoms with E-state index in [2.05, 4.69) is 45.1 Å². The molecule has 1 fully saturated rings. The summed E-state index contributed by atoms with van der Waals surface area (Å²) in [4.78, 5) is 4.22. The lowest BCUT2D eigenvalue weighted by Gasteiger charge is -2.38. The molecule has 3 rings (SSSR count). The number of thioether (sulfide) groups is 1. The molecule has 18 heavy (non-hydrogen) atoms. The van der Waals surface area contributed by atoms with Crippen LogP contribution in [-0.4, -0.2) is 35.1 Å². The van der Waals surface area contributed by atoms with Gasteiger partial charge in [0.05, 0.1) is 0 Å². The largest absolute Gasteiger partial charge is 0.299 e. The molecule has 98 valence electrons. The van der Waals surface area contributed by atoms with Gasteiger partial charge < -0.3 is 0 Å². The quantitative estimate of drug-likeness (QED) is 0.749. The van der Waals surface area contributed by atoms with Gasteiger partial charge in [0.25, 0.3) is 0 Å². The standard InChI is InChI=1S/C15H20BrNS/c16-8-9-17(13-4-3-5-13)10-12-11-18-15-7-2-1-6-14(12)15/h1-2,6-7,12-13H,3-5,8-11H2. The SMILES string of the molecule is BrCCN(CC1CSc2ccccc21)C1CCC1. The Morgan fingerprint density at radius 2 is 2.11 bits per heavy atom. The molecule has 0 spiro atoms. The Hall–Kier alpha value is 0.0100. The fraction of sp³-hybridized carbons (Fsp3) is 0.600. The van der Waals surface area contributed by atoms with E-state index in [-0.39, 0.29) is 0 Å². The summed E-state index contributed by atoms with van der Waals surface area (Å²) in [5.41, 5.74) is 1.58. The summed E-state index contributed by atoms with van der Waals surface area (Å²) in [6.07, 6.45) is 4.25. The van der Waals surface area contributed by atoms with Crippen molar-refractivity contribution in [3.8, 4) is 0 Å². The molecule has 1 aromatic carbocycles. The smallest absolute Gasteiger partial charge is 0.0159 e. The zero-order valence-electron chi connectivity index (χ0n) is 10.6. The van der Waals surface area contributed by atoms with Crippen molar-refractivity contribution in [1.29, 1.82) is 0 Å². The fourth-order valence-electron chi connectivity index (χ4n) is 2.95. The topological polar surface area (TPSA) is 3.24 Å². The molecule has 1 unspecified atom stereocenters.